The van der Waals surface area contributed by atoms with Crippen molar-refractivity contribution in [3.8, 4) is 16.9 Å². The SMILES string of the molecule is O=C(O)c1cn(-c2ccccc2)nc1-c1cccc(C(F)(F)F)c1. The van der Waals surface area contributed by atoms with Gasteiger partial charge in [-0.25, -0.2) is 9.48 Å². The van der Waals surface area contributed by atoms with Gasteiger partial charge in [-0.05, 0) is 24.3 Å². The average Bonchev–Trinajstić information content (AvgIpc) is 3.01. The van der Waals surface area contributed by atoms with Gasteiger partial charge < -0.3 is 5.11 Å². The number of nitrogens with zero attached hydrogens (tertiary/aromatic N) is 2. The van der Waals surface area contributed by atoms with Crippen LogP contribution in [0.25, 0.3) is 16.9 Å². The number of hydrogen-bond donors (Lipinski definition) is 1. The molecule has 2 aromatic carbocycles. The van der Waals surface area contributed by atoms with Gasteiger partial charge in [0.25, 0.3) is 0 Å². The molecule has 0 aliphatic rings. The summed E-state index contributed by atoms with van der Waals surface area (Å²) in [6.45, 7) is 0. The number of rotatable bonds is 3. The van der Waals surface area contributed by atoms with Crippen molar-refractivity contribution >= 4 is 5.97 Å². The monoisotopic (exact) mass is 332 g/mol. The van der Waals surface area contributed by atoms with Crippen LogP contribution >= 0.6 is 0 Å². The van der Waals surface area contributed by atoms with Gasteiger partial charge in [-0.15, -0.1) is 0 Å². The van der Waals surface area contributed by atoms with Crippen LogP contribution in [0, 0.1) is 0 Å². The van der Waals surface area contributed by atoms with E-state index >= 15 is 0 Å². The van der Waals surface area contributed by atoms with Crippen molar-refractivity contribution in [2.75, 3.05) is 0 Å². The molecule has 7 heteroatoms. The summed E-state index contributed by atoms with van der Waals surface area (Å²) in [4.78, 5) is 11.4. The third kappa shape index (κ3) is 3.01. The quantitative estimate of drug-likeness (QED) is 0.780. The molecule has 24 heavy (non-hydrogen) atoms. The maximum Gasteiger partial charge on any atom is 0.416 e. The second-order valence-electron chi connectivity index (χ2n) is 5.06. The highest BCUT2D eigenvalue weighted by Gasteiger charge is 2.31. The third-order valence-electron chi connectivity index (χ3n) is 3.43. The van der Waals surface area contributed by atoms with E-state index in [0.29, 0.717) is 5.69 Å². The Hall–Kier alpha value is -3.09. The number of para-hydroxylation sites is 1. The van der Waals surface area contributed by atoms with E-state index in [-0.39, 0.29) is 16.8 Å². The molecule has 0 unspecified atom stereocenters. The van der Waals surface area contributed by atoms with Crippen LogP contribution in [0.15, 0.2) is 60.8 Å². The molecular formula is C17H11F3N2O2. The van der Waals surface area contributed by atoms with Crippen LogP contribution in [0.3, 0.4) is 0 Å². The minimum Gasteiger partial charge on any atom is -0.478 e. The molecule has 1 aromatic heterocycles. The number of alkyl halides is 3. The topological polar surface area (TPSA) is 55.1 Å². The van der Waals surface area contributed by atoms with Crippen LogP contribution in [0.4, 0.5) is 13.2 Å². The van der Waals surface area contributed by atoms with Crippen molar-refractivity contribution in [1.82, 2.24) is 9.78 Å². The number of aromatic carboxylic acids is 1. The standard InChI is InChI=1S/C17H11F3N2O2/c18-17(19,20)12-6-4-5-11(9-12)15-14(16(23)24)10-22(21-15)13-7-2-1-3-8-13/h1-10H,(H,23,24). The van der Waals surface area contributed by atoms with Crippen LogP contribution in [0.1, 0.15) is 15.9 Å². The normalized spacial score (nSPS) is 11.5. The maximum absolute atomic E-state index is 12.9. The third-order valence-corrected chi connectivity index (χ3v) is 3.43. The largest absolute Gasteiger partial charge is 0.478 e. The van der Waals surface area contributed by atoms with E-state index in [0.717, 1.165) is 12.1 Å². The second kappa shape index (κ2) is 5.84. The Bertz CT molecular complexity index is 886. The lowest BCUT2D eigenvalue weighted by Gasteiger charge is -2.08. The summed E-state index contributed by atoms with van der Waals surface area (Å²) in [5.41, 5.74) is -0.337. The first-order chi connectivity index (χ1) is 11.4. The second-order valence-corrected chi connectivity index (χ2v) is 5.06. The van der Waals surface area contributed by atoms with E-state index in [1.54, 1.807) is 30.3 Å². The van der Waals surface area contributed by atoms with Crippen LogP contribution in [-0.2, 0) is 6.18 Å². The zero-order valence-corrected chi connectivity index (χ0v) is 12.2. The minimum atomic E-state index is -4.51. The van der Waals surface area contributed by atoms with Gasteiger partial charge in [0.2, 0.25) is 0 Å². The predicted molar refractivity (Wildman–Crippen MR) is 81.0 cm³/mol. The molecule has 0 fully saturated rings. The molecule has 0 spiro atoms. The highest BCUT2D eigenvalue weighted by Crippen LogP contribution is 2.33. The van der Waals surface area contributed by atoms with E-state index in [1.165, 1.54) is 23.0 Å². The van der Waals surface area contributed by atoms with E-state index in [9.17, 15) is 23.1 Å². The fourth-order valence-electron chi connectivity index (χ4n) is 2.30. The number of carbonyl (C=O) groups is 1. The van der Waals surface area contributed by atoms with Crippen molar-refractivity contribution in [2.45, 2.75) is 6.18 Å². The Morgan fingerprint density at radius 1 is 1.04 bits per heavy atom. The van der Waals surface area contributed by atoms with E-state index < -0.39 is 17.7 Å². The first-order valence-electron chi connectivity index (χ1n) is 6.92. The summed E-state index contributed by atoms with van der Waals surface area (Å²) in [7, 11) is 0. The van der Waals surface area contributed by atoms with Gasteiger partial charge in [0.05, 0.1) is 11.3 Å². The molecule has 0 saturated carbocycles. The number of halogens is 3. The maximum atomic E-state index is 12.9. The number of hydrogen-bond acceptors (Lipinski definition) is 2. The fourth-order valence-corrected chi connectivity index (χ4v) is 2.30. The molecule has 0 saturated heterocycles. The Labute approximate surface area is 134 Å². The minimum absolute atomic E-state index is 0.0162. The highest BCUT2D eigenvalue weighted by molar-refractivity contribution is 5.94. The van der Waals surface area contributed by atoms with Crippen LogP contribution in [0.2, 0.25) is 0 Å². The summed E-state index contributed by atoms with van der Waals surface area (Å²) in [6.07, 6.45) is -3.23. The lowest BCUT2D eigenvalue weighted by Crippen LogP contribution is -2.05. The Morgan fingerprint density at radius 3 is 2.38 bits per heavy atom. The van der Waals surface area contributed by atoms with Crippen molar-refractivity contribution in [3.05, 3.63) is 71.9 Å². The van der Waals surface area contributed by atoms with Gasteiger partial charge in [-0.1, -0.05) is 30.3 Å². The van der Waals surface area contributed by atoms with Gasteiger partial charge in [-0.3, -0.25) is 0 Å². The zero-order chi connectivity index (χ0) is 17.3. The van der Waals surface area contributed by atoms with E-state index in [4.69, 9.17) is 0 Å². The van der Waals surface area contributed by atoms with E-state index in [1.807, 2.05) is 0 Å². The molecule has 1 N–H and O–H groups in total. The van der Waals surface area contributed by atoms with Crippen LogP contribution in [-0.4, -0.2) is 20.9 Å². The molecule has 0 aliphatic heterocycles. The van der Waals surface area contributed by atoms with Gasteiger partial charge >= 0.3 is 12.1 Å². The first-order valence-corrected chi connectivity index (χ1v) is 6.92. The van der Waals surface area contributed by atoms with Gasteiger partial charge in [0.15, 0.2) is 0 Å². The lowest BCUT2D eigenvalue weighted by atomic mass is 10.1. The summed E-state index contributed by atoms with van der Waals surface area (Å²) in [6, 6.07) is 13.2. The summed E-state index contributed by atoms with van der Waals surface area (Å²) in [5.74, 6) is -1.26. The molecule has 0 bridgehead atoms. The van der Waals surface area contributed by atoms with Gasteiger partial charge in [0.1, 0.15) is 11.3 Å². The molecule has 4 nitrogen and oxygen atoms in total. The first kappa shape index (κ1) is 15.8. The molecule has 122 valence electrons. The summed E-state index contributed by atoms with van der Waals surface area (Å²) >= 11 is 0. The van der Waals surface area contributed by atoms with Crippen LogP contribution < -0.4 is 0 Å². The lowest BCUT2D eigenvalue weighted by molar-refractivity contribution is -0.137. The highest BCUT2D eigenvalue weighted by atomic mass is 19.4. The summed E-state index contributed by atoms with van der Waals surface area (Å²) in [5, 5.41) is 13.5. The molecule has 0 radical (unpaired) electrons. The molecule has 0 aliphatic carbocycles. The number of aromatic nitrogens is 2. The number of carboxylic acids is 1. The van der Waals surface area contributed by atoms with Crippen molar-refractivity contribution in [1.29, 1.82) is 0 Å². The molecule has 1 heterocycles. The molecular weight excluding hydrogens is 321 g/mol. The smallest absolute Gasteiger partial charge is 0.416 e. The molecule has 0 amide bonds. The number of benzene rings is 2. The number of carboxylic acid groups (broad SMARTS) is 1. The average molecular weight is 332 g/mol. The van der Waals surface area contributed by atoms with Crippen LogP contribution in [0.5, 0.6) is 0 Å². The van der Waals surface area contributed by atoms with E-state index in [2.05, 4.69) is 5.10 Å². The molecule has 0 atom stereocenters. The Balaban J connectivity index is 2.14. The van der Waals surface area contributed by atoms with Gasteiger partial charge in [-0.2, -0.15) is 18.3 Å². The van der Waals surface area contributed by atoms with Crippen molar-refractivity contribution in [2.24, 2.45) is 0 Å². The predicted octanol–water partition coefficient (Wildman–Crippen LogP) is 4.26. The Kier molecular flexibility index (Phi) is 3.84. The molecule has 3 aromatic rings. The van der Waals surface area contributed by atoms with Crippen molar-refractivity contribution < 1.29 is 23.1 Å². The van der Waals surface area contributed by atoms with Gasteiger partial charge in [0, 0.05) is 11.8 Å². The Morgan fingerprint density at radius 2 is 1.75 bits per heavy atom. The summed E-state index contributed by atoms with van der Waals surface area (Å²) < 4.78 is 39.9. The van der Waals surface area contributed by atoms with Crippen molar-refractivity contribution in [3.63, 3.8) is 0 Å². The zero-order valence-electron chi connectivity index (χ0n) is 12.2. The fraction of sp³-hybridized carbons (Fsp3) is 0.0588. The molecule has 3 rings (SSSR count).